The van der Waals surface area contributed by atoms with E-state index in [1.807, 2.05) is 86.6 Å². The van der Waals surface area contributed by atoms with Crippen LogP contribution in [-0.2, 0) is 14.2 Å². The van der Waals surface area contributed by atoms with Crippen LogP contribution >= 0.6 is 0 Å². The molecule has 0 saturated carbocycles. The lowest BCUT2D eigenvalue weighted by Gasteiger charge is -2.27. The highest BCUT2D eigenvalue weighted by Crippen LogP contribution is 2.43. The Labute approximate surface area is 210 Å². The van der Waals surface area contributed by atoms with Gasteiger partial charge >= 0.3 is 0 Å². The molecular weight excluding hydrogens is 456 g/mol. The van der Waals surface area contributed by atoms with Gasteiger partial charge in [-0.15, -0.1) is 0 Å². The number of ether oxygens (including phenoxy) is 3. The summed E-state index contributed by atoms with van der Waals surface area (Å²) in [5.41, 5.74) is 2.45. The fourth-order valence-corrected chi connectivity index (χ4v) is 4.86. The standard InChI is InChI=1S/C29H30N2O5/c1-28(2)35-25-24(34-19-29(25,36-28)18-31-27(33)22-11-7-4-8-12-22)17-30-26(32)23-15-13-21(14-16-23)20-9-5-3-6-10-20/h3-16,24-25H,17-19H2,1-2H3,(H,30,32)(H,31,33)/t24-,25-,29+/m1/s1. The minimum Gasteiger partial charge on any atom is -0.370 e. The number of benzene rings is 3. The molecule has 3 atom stereocenters. The second-order valence-electron chi connectivity index (χ2n) is 9.66. The molecule has 2 N–H and O–H groups in total. The van der Waals surface area contributed by atoms with Crippen molar-refractivity contribution >= 4 is 11.8 Å². The Hall–Kier alpha value is -3.52. The van der Waals surface area contributed by atoms with E-state index in [-0.39, 0.29) is 31.5 Å². The van der Waals surface area contributed by atoms with Crippen molar-refractivity contribution in [1.29, 1.82) is 0 Å². The van der Waals surface area contributed by atoms with Gasteiger partial charge in [0.2, 0.25) is 0 Å². The van der Waals surface area contributed by atoms with Crippen molar-refractivity contribution in [3.8, 4) is 11.1 Å². The van der Waals surface area contributed by atoms with Gasteiger partial charge in [-0.3, -0.25) is 9.59 Å². The minimum atomic E-state index is -0.833. The Morgan fingerprint density at radius 2 is 1.39 bits per heavy atom. The number of hydrogen-bond acceptors (Lipinski definition) is 5. The molecule has 0 unspecified atom stereocenters. The Bertz CT molecular complexity index is 1210. The van der Waals surface area contributed by atoms with Gasteiger partial charge in [-0.05, 0) is 49.2 Å². The number of fused-ring (bicyclic) bond motifs is 1. The highest BCUT2D eigenvalue weighted by Gasteiger charge is 2.61. The van der Waals surface area contributed by atoms with Gasteiger partial charge in [-0.25, -0.2) is 0 Å². The smallest absolute Gasteiger partial charge is 0.251 e. The fraction of sp³-hybridized carbons (Fsp3) is 0.310. The second kappa shape index (κ2) is 9.85. The lowest BCUT2D eigenvalue weighted by Crippen LogP contribution is -2.52. The highest BCUT2D eigenvalue weighted by molar-refractivity contribution is 5.95. The molecule has 0 aliphatic carbocycles. The number of carbonyl (C=O) groups is 2. The van der Waals surface area contributed by atoms with Crippen LogP contribution < -0.4 is 10.6 Å². The zero-order chi connectivity index (χ0) is 25.2. The first-order valence-corrected chi connectivity index (χ1v) is 12.1. The number of carbonyl (C=O) groups excluding carboxylic acids is 2. The van der Waals surface area contributed by atoms with Crippen LogP contribution in [0.2, 0.25) is 0 Å². The highest BCUT2D eigenvalue weighted by atomic mass is 16.8. The number of nitrogens with one attached hydrogen (secondary N) is 2. The maximum atomic E-state index is 12.8. The summed E-state index contributed by atoms with van der Waals surface area (Å²) in [6.07, 6.45) is -0.850. The number of amides is 2. The van der Waals surface area contributed by atoms with E-state index in [4.69, 9.17) is 14.2 Å². The van der Waals surface area contributed by atoms with Gasteiger partial charge in [0.25, 0.3) is 11.8 Å². The molecule has 7 nitrogen and oxygen atoms in total. The molecule has 0 radical (unpaired) electrons. The lowest BCUT2D eigenvalue weighted by atomic mass is 9.96. The van der Waals surface area contributed by atoms with E-state index in [0.717, 1.165) is 11.1 Å². The SMILES string of the molecule is CC1(C)O[C@@H]2[C@@H](CNC(=O)c3ccc(-c4ccccc4)cc3)OC[C@]2(CNC(=O)c2ccccc2)O1. The van der Waals surface area contributed by atoms with Crippen LogP contribution in [0.3, 0.4) is 0 Å². The topological polar surface area (TPSA) is 85.9 Å². The van der Waals surface area contributed by atoms with Crippen LogP contribution in [-0.4, -0.2) is 55.1 Å². The van der Waals surface area contributed by atoms with Crippen LogP contribution in [0.5, 0.6) is 0 Å². The Balaban J connectivity index is 1.21. The van der Waals surface area contributed by atoms with E-state index in [9.17, 15) is 9.59 Å². The van der Waals surface area contributed by atoms with Crippen molar-refractivity contribution < 1.29 is 23.8 Å². The minimum absolute atomic E-state index is 0.187. The van der Waals surface area contributed by atoms with Crippen LogP contribution in [0, 0.1) is 0 Å². The van der Waals surface area contributed by atoms with Crippen LogP contribution in [0.25, 0.3) is 11.1 Å². The molecule has 2 amide bonds. The molecule has 3 aromatic rings. The summed E-state index contributed by atoms with van der Waals surface area (Å²) in [6.45, 7) is 4.44. The van der Waals surface area contributed by atoms with Crippen molar-refractivity contribution in [1.82, 2.24) is 10.6 Å². The molecule has 3 aromatic carbocycles. The van der Waals surface area contributed by atoms with Crippen molar-refractivity contribution in [3.05, 3.63) is 96.1 Å². The van der Waals surface area contributed by atoms with E-state index in [0.29, 0.717) is 11.1 Å². The maximum absolute atomic E-state index is 12.8. The van der Waals surface area contributed by atoms with Crippen LogP contribution in [0.4, 0.5) is 0 Å². The summed E-state index contributed by atoms with van der Waals surface area (Å²) >= 11 is 0. The summed E-state index contributed by atoms with van der Waals surface area (Å²) in [6, 6.07) is 26.5. The molecule has 2 heterocycles. The van der Waals surface area contributed by atoms with E-state index in [2.05, 4.69) is 10.6 Å². The van der Waals surface area contributed by atoms with Gasteiger partial charge in [0, 0.05) is 17.7 Å². The summed E-state index contributed by atoms with van der Waals surface area (Å²) in [7, 11) is 0. The van der Waals surface area contributed by atoms with Gasteiger partial charge in [0.1, 0.15) is 17.8 Å². The van der Waals surface area contributed by atoms with Crippen molar-refractivity contribution in [3.63, 3.8) is 0 Å². The summed E-state index contributed by atoms with van der Waals surface area (Å²) in [5, 5.41) is 5.92. The molecule has 0 aromatic heterocycles. The van der Waals surface area contributed by atoms with Gasteiger partial charge in [-0.1, -0.05) is 60.7 Å². The predicted molar refractivity (Wildman–Crippen MR) is 135 cm³/mol. The summed E-state index contributed by atoms with van der Waals surface area (Å²) < 4.78 is 18.4. The maximum Gasteiger partial charge on any atom is 0.251 e. The first-order valence-electron chi connectivity index (χ1n) is 12.1. The molecule has 0 bridgehead atoms. The zero-order valence-corrected chi connectivity index (χ0v) is 20.4. The molecular formula is C29H30N2O5. The van der Waals surface area contributed by atoms with Crippen LogP contribution in [0.1, 0.15) is 34.6 Å². The molecule has 2 aliphatic heterocycles. The van der Waals surface area contributed by atoms with E-state index >= 15 is 0 Å². The van der Waals surface area contributed by atoms with Gasteiger partial charge in [0.05, 0.1) is 13.2 Å². The predicted octanol–water partition coefficient (Wildman–Crippen LogP) is 3.80. The quantitative estimate of drug-likeness (QED) is 0.531. The van der Waals surface area contributed by atoms with E-state index < -0.39 is 23.6 Å². The van der Waals surface area contributed by atoms with E-state index in [1.165, 1.54) is 0 Å². The molecule has 7 heteroatoms. The summed E-state index contributed by atoms with van der Waals surface area (Å²) in [5.74, 6) is -1.21. The second-order valence-corrected chi connectivity index (χ2v) is 9.66. The normalized spacial score (nSPS) is 24.2. The van der Waals surface area contributed by atoms with Crippen LogP contribution in [0.15, 0.2) is 84.9 Å². The van der Waals surface area contributed by atoms with Gasteiger partial charge < -0.3 is 24.8 Å². The molecule has 2 saturated heterocycles. The molecule has 2 fully saturated rings. The number of hydrogen-bond donors (Lipinski definition) is 2. The Morgan fingerprint density at radius 1 is 0.806 bits per heavy atom. The Morgan fingerprint density at radius 3 is 2.08 bits per heavy atom. The first-order chi connectivity index (χ1) is 17.4. The third-order valence-corrected chi connectivity index (χ3v) is 6.56. The van der Waals surface area contributed by atoms with Gasteiger partial charge in [0.15, 0.2) is 5.79 Å². The molecule has 186 valence electrons. The Kier molecular flexibility index (Phi) is 6.62. The third kappa shape index (κ3) is 5.04. The molecule has 36 heavy (non-hydrogen) atoms. The zero-order valence-electron chi connectivity index (χ0n) is 20.4. The first kappa shape index (κ1) is 24.2. The lowest BCUT2D eigenvalue weighted by molar-refractivity contribution is -0.188. The fourth-order valence-electron chi connectivity index (χ4n) is 4.86. The third-order valence-electron chi connectivity index (χ3n) is 6.56. The molecule has 5 rings (SSSR count). The average molecular weight is 487 g/mol. The van der Waals surface area contributed by atoms with Gasteiger partial charge in [-0.2, -0.15) is 0 Å². The van der Waals surface area contributed by atoms with Crippen molar-refractivity contribution in [2.45, 2.75) is 37.4 Å². The monoisotopic (exact) mass is 486 g/mol. The largest absolute Gasteiger partial charge is 0.370 e. The summed E-state index contributed by atoms with van der Waals surface area (Å²) in [4.78, 5) is 25.4. The molecule has 0 spiro atoms. The average Bonchev–Trinajstić information content (AvgIpc) is 3.36. The van der Waals surface area contributed by atoms with Crippen molar-refractivity contribution in [2.24, 2.45) is 0 Å². The van der Waals surface area contributed by atoms with E-state index in [1.54, 1.807) is 12.1 Å². The number of rotatable bonds is 7. The molecule has 2 aliphatic rings. The van der Waals surface area contributed by atoms with Crippen molar-refractivity contribution in [2.75, 3.05) is 19.7 Å².